The highest BCUT2D eigenvalue weighted by Crippen LogP contribution is 2.19. The molecule has 0 radical (unpaired) electrons. The smallest absolute Gasteiger partial charge is 0.188 e. The van der Waals surface area contributed by atoms with Crippen LogP contribution in [0, 0.1) is 0 Å². The van der Waals surface area contributed by atoms with Gasteiger partial charge in [-0.1, -0.05) is 42.4 Å². The van der Waals surface area contributed by atoms with E-state index in [9.17, 15) is 0 Å². The van der Waals surface area contributed by atoms with E-state index >= 15 is 0 Å². The van der Waals surface area contributed by atoms with E-state index in [0.29, 0.717) is 12.5 Å². The Morgan fingerprint density at radius 3 is 2.89 bits per heavy atom. The molecule has 3 N–H and O–H groups in total. The normalized spacial score (nSPS) is 11.5. The lowest BCUT2D eigenvalue weighted by Gasteiger charge is -2.01. The minimum atomic E-state index is 0.416. The van der Waals surface area contributed by atoms with Crippen molar-refractivity contribution in [3.8, 4) is 11.3 Å². The summed E-state index contributed by atoms with van der Waals surface area (Å²) in [7, 11) is 0. The van der Waals surface area contributed by atoms with Crippen LogP contribution in [-0.4, -0.2) is 17.7 Å². The molecule has 0 spiro atoms. The number of aliphatic imine (C=N–C) groups is 1. The van der Waals surface area contributed by atoms with Gasteiger partial charge in [-0.05, 0) is 6.42 Å². The number of nitrogens with two attached hydrogens (primary N) is 1. The molecule has 0 atom stereocenters. The second kappa shape index (κ2) is 6.58. The van der Waals surface area contributed by atoms with Crippen molar-refractivity contribution in [1.29, 1.82) is 0 Å². The number of hydrogen-bond donors (Lipinski definition) is 2. The summed E-state index contributed by atoms with van der Waals surface area (Å²) in [6.07, 6.45) is 1.01. The Labute approximate surface area is 112 Å². The van der Waals surface area contributed by atoms with Crippen LogP contribution in [0.25, 0.3) is 11.3 Å². The third-order valence-electron chi connectivity index (χ3n) is 2.58. The highest BCUT2D eigenvalue weighted by atomic mass is 16.5. The maximum atomic E-state index is 5.71. The van der Waals surface area contributed by atoms with Crippen molar-refractivity contribution in [2.75, 3.05) is 6.54 Å². The maximum absolute atomic E-state index is 5.71. The molecule has 2 rings (SSSR count). The minimum Gasteiger partial charge on any atom is -0.370 e. The van der Waals surface area contributed by atoms with Crippen LogP contribution in [0.3, 0.4) is 0 Å². The second-order valence-electron chi connectivity index (χ2n) is 4.18. The van der Waals surface area contributed by atoms with Gasteiger partial charge < -0.3 is 15.6 Å². The van der Waals surface area contributed by atoms with Crippen molar-refractivity contribution in [2.45, 2.75) is 19.9 Å². The van der Waals surface area contributed by atoms with E-state index < -0.39 is 0 Å². The number of guanidine groups is 1. The molecule has 19 heavy (non-hydrogen) atoms. The number of rotatable bonds is 5. The van der Waals surface area contributed by atoms with Crippen LogP contribution in [0.5, 0.6) is 0 Å². The van der Waals surface area contributed by atoms with Crippen molar-refractivity contribution in [3.63, 3.8) is 0 Å². The van der Waals surface area contributed by atoms with Crippen LogP contribution in [-0.2, 0) is 6.54 Å². The molecule has 0 amide bonds. The summed E-state index contributed by atoms with van der Waals surface area (Å²) in [5, 5.41) is 6.99. The van der Waals surface area contributed by atoms with Crippen LogP contribution >= 0.6 is 0 Å². The van der Waals surface area contributed by atoms with E-state index in [-0.39, 0.29) is 0 Å². The Hall–Kier alpha value is -2.30. The molecular formula is C14H18N4O. The molecule has 0 saturated carbocycles. The van der Waals surface area contributed by atoms with Gasteiger partial charge in [0, 0.05) is 18.2 Å². The van der Waals surface area contributed by atoms with Crippen LogP contribution in [0.1, 0.15) is 19.0 Å². The largest absolute Gasteiger partial charge is 0.370 e. The van der Waals surface area contributed by atoms with Crippen molar-refractivity contribution < 1.29 is 4.52 Å². The summed E-state index contributed by atoms with van der Waals surface area (Å²) in [5.41, 5.74) is 7.47. The van der Waals surface area contributed by atoms with Crippen LogP contribution in [0.15, 0.2) is 45.9 Å². The zero-order valence-electron chi connectivity index (χ0n) is 11.0. The Balaban J connectivity index is 1.98. The van der Waals surface area contributed by atoms with Gasteiger partial charge >= 0.3 is 0 Å². The van der Waals surface area contributed by atoms with Crippen LogP contribution < -0.4 is 11.1 Å². The van der Waals surface area contributed by atoms with E-state index in [1.807, 2.05) is 36.4 Å². The molecule has 5 nitrogen and oxygen atoms in total. The molecule has 0 bridgehead atoms. The third kappa shape index (κ3) is 3.84. The molecule has 0 aliphatic rings. The number of aromatic nitrogens is 1. The quantitative estimate of drug-likeness (QED) is 0.636. The Kier molecular flexibility index (Phi) is 4.55. The van der Waals surface area contributed by atoms with Crippen molar-refractivity contribution in [2.24, 2.45) is 10.7 Å². The SMILES string of the molecule is CCCNC(N)=NCc1cc(-c2ccccc2)on1. The van der Waals surface area contributed by atoms with Gasteiger partial charge in [-0.2, -0.15) is 0 Å². The summed E-state index contributed by atoms with van der Waals surface area (Å²) in [6, 6.07) is 11.7. The van der Waals surface area contributed by atoms with Crippen molar-refractivity contribution >= 4 is 5.96 Å². The first kappa shape index (κ1) is 13.1. The van der Waals surface area contributed by atoms with Gasteiger partial charge in [0.2, 0.25) is 0 Å². The Bertz CT molecular complexity index is 533. The Morgan fingerprint density at radius 2 is 2.16 bits per heavy atom. The van der Waals surface area contributed by atoms with Gasteiger partial charge in [0.25, 0.3) is 0 Å². The van der Waals surface area contributed by atoms with Gasteiger partial charge in [0.15, 0.2) is 11.7 Å². The van der Waals surface area contributed by atoms with Gasteiger partial charge in [-0.25, -0.2) is 4.99 Å². The first-order chi connectivity index (χ1) is 9.29. The Morgan fingerprint density at radius 1 is 1.37 bits per heavy atom. The summed E-state index contributed by atoms with van der Waals surface area (Å²) >= 11 is 0. The van der Waals surface area contributed by atoms with E-state index in [1.165, 1.54) is 0 Å². The zero-order valence-corrected chi connectivity index (χ0v) is 11.0. The molecule has 1 heterocycles. The van der Waals surface area contributed by atoms with Crippen molar-refractivity contribution in [1.82, 2.24) is 10.5 Å². The van der Waals surface area contributed by atoms with E-state index in [2.05, 4.69) is 22.4 Å². The number of nitrogens with one attached hydrogen (secondary N) is 1. The lowest BCUT2D eigenvalue weighted by molar-refractivity contribution is 0.424. The summed E-state index contributed by atoms with van der Waals surface area (Å²) in [4.78, 5) is 4.20. The monoisotopic (exact) mass is 258 g/mol. The summed E-state index contributed by atoms with van der Waals surface area (Å²) in [6.45, 7) is 3.31. The standard InChI is InChI=1S/C14H18N4O/c1-2-8-16-14(15)17-10-12-9-13(19-18-12)11-6-4-3-5-7-11/h3-7,9H,2,8,10H2,1H3,(H3,15,16,17). The zero-order chi connectivity index (χ0) is 13.5. The van der Waals surface area contributed by atoms with Crippen molar-refractivity contribution in [3.05, 3.63) is 42.1 Å². The molecule has 100 valence electrons. The predicted molar refractivity (Wildman–Crippen MR) is 75.6 cm³/mol. The molecule has 0 saturated heterocycles. The summed E-state index contributed by atoms with van der Waals surface area (Å²) in [5.74, 6) is 1.18. The predicted octanol–water partition coefficient (Wildman–Crippen LogP) is 2.16. The maximum Gasteiger partial charge on any atom is 0.188 e. The van der Waals surface area contributed by atoms with Crippen LogP contribution in [0.4, 0.5) is 0 Å². The number of benzene rings is 1. The van der Waals surface area contributed by atoms with E-state index in [4.69, 9.17) is 10.3 Å². The van der Waals surface area contributed by atoms with E-state index in [1.54, 1.807) is 0 Å². The van der Waals surface area contributed by atoms with Crippen LogP contribution in [0.2, 0.25) is 0 Å². The highest BCUT2D eigenvalue weighted by molar-refractivity contribution is 5.77. The highest BCUT2D eigenvalue weighted by Gasteiger charge is 2.05. The van der Waals surface area contributed by atoms with Gasteiger partial charge in [-0.3, -0.25) is 0 Å². The first-order valence-corrected chi connectivity index (χ1v) is 6.34. The number of hydrogen-bond acceptors (Lipinski definition) is 3. The molecule has 1 aromatic carbocycles. The fraction of sp³-hybridized carbons (Fsp3) is 0.286. The molecule has 0 aliphatic heterocycles. The molecule has 0 unspecified atom stereocenters. The van der Waals surface area contributed by atoms with E-state index in [0.717, 1.165) is 30.0 Å². The van der Waals surface area contributed by atoms with Gasteiger partial charge in [0.1, 0.15) is 5.69 Å². The second-order valence-corrected chi connectivity index (χ2v) is 4.18. The minimum absolute atomic E-state index is 0.416. The lowest BCUT2D eigenvalue weighted by Crippen LogP contribution is -2.32. The molecule has 0 aliphatic carbocycles. The average molecular weight is 258 g/mol. The molecule has 0 fully saturated rings. The van der Waals surface area contributed by atoms with Gasteiger partial charge in [0.05, 0.1) is 6.54 Å². The average Bonchev–Trinajstić information content (AvgIpc) is 2.93. The lowest BCUT2D eigenvalue weighted by atomic mass is 10.2. The van der Waals surface area contributed by atoms with Gasteiger partial charge in [-0.15, -0.1) is 0 Å². The third-order valence-corrected chi connectivity index (χ3v) is 2.58. The number of nitrogens with zero attached hydrogens (tertiary/aromatic N) is 2. The topological polar surface area (TPSA) is 76.4 Å². The fourth-order valence-electron chi connectivity index (χ4n) is 1.60. The molecular weight excluding hydrogens is 240 g/mol. The summed E-state index contributed by atoms with van der Waals surface area (Å²) < 4.78 is 5.28. The molecule has 1 aromatic heterocycles. The molecule has 2 aromatic rings. The first-order valence-electron chi connectivity index (χ1n) is 6.34. The molecule has 5 heteroatoms. The fourth-order valence-corrected chi connectivity index (χ4v) is 1.60.